The molecule has 1 aliphatic heterocycles. The van der Waals surface area contributed by atoms with Gasteiger partial charge >= 0.3 is 0 Å². The lowest BCUT2D eigenvalue weighted by molar-refractivity contribution is 0.0340. The molecule has 0 aromatic heterocycles. The molecule has 2 aromatic carbocycles. The lowest BCUT2D eigenvalue weighted by Gasteiger charge is -2.50. The molecule has 0 amide bonds. The van der Waals surface area contributed by atoms with E-state index >= 15 is 0 Å². The maximum atomic E-state index is 6.13. The Hall–Kier alpha value is -1.80. The van der Waals surface area contributed by atoms with Gasteiger partial charge in [-0.15, -0.1) is 0 Å². The van der Waals surface area contributed by atoms with Crippen LogP contribution in [0.2, 0.25) is 0 Å². The second-order valence-electron chi connectivity index (χ2n) is 8.49. The standard InChI is InChI=1S/C25H33NO/c1-3-15-26-16-7-6-13-25(26)14-12-21-17-24(11-10-22(21)18-25)27-19-23-9-5-4-8-20(23)2/h4-5,8-11,17H,3,6-7,12-16,18-19H2,1-2H3. The second kappa shape index (κ2) is 8.06. The summed E-state index contributed by atoms with van der Waals surface area (Å²) in [4.78, 5) is 2.81. The third-order valence-electron chi connectivity index (χ3n) is 6.70. The van der Waals surface area contributed by atoms with Crippen molar-refractivity contribution in [3.8, 4) is 5.75 Å². The van der Waals surface area contributed by atoms with Gasteiger partial charge in [0.2, 0.25) is 0 Å². The first-order valence-electron chi connectivity index (χ1n) is 10.7. The van der Waals surface area contributed by atoms with E-state index in [9.17, 15) is 0 Å². The van der Waals surface area contributed by atoms with Crippen LogP contribution in [0, 0.1) is 6.92 Å². The summed E-state index contributed by atoms with van der Waals surface area (Å²) in [6.07, 6.45) is 9.13. The van der Waals surface area contributed by atoms with E-state index in [1.54, 1.807) is 5.56 Å². The van der Waals surface area contributed by atoms with Crippen LogP contribution in [0.5, 0.6) is 5.75 Å². The topological polar surface area (TPSA) is 12.5 Å². The van der Waals surface area contributed by atoms with Gasteiger partial charge in [-0.2, -0.15) is 0 Å². The molecule has 0 saturated carbocycles. The molecule has 1 unspecified atom stereocenters. The van der Waals surface area contributed by atoms with E-state index < -0.39 is 0 Å². The van der Waals surface area contributed by atoms with Gasteiger partial charge < -0.3 is 4.74 Å². The summed E-state index contributed by atoms with van der Waals surface area (Å²) >= 11 is 0. The predicted molar refractivity (Wildman–Crippen MR) is 112 cm³/mol. The summed E-state index contributed by atoms with van der Waals surface area (Å²) in [7, 11) is 0. The van der Waals surface area contributed by atoms with Crippen LogP contribution in [-0.2, 0) is 19.4 Å². The number of benzene rings is 2. The van der Waals surface area contributed by atoms with Gasteiger partial charge in [-0.3, -0.25) is 4.90 Å². The molecule has 27 heavy (non-hydrogen) atoms. The number of ether oxygens (including phenoxy) is 1. The molecular formula is C25H33NO. The van der Waals surface area contributed by atoms with E-state index in [1.807, 2.05) is 0 Å². The van der Waals surface area contributed by atoms with E-state index in [-0.39, 0.29) is 0 Å². The van der Waals surface area contributed by atoms with Crippen LogP contribution in [0.1, 0.15) is 61.3 Å². The highest BCUT2D eigenvalue weighted by atomic mass is 16.5. The van der Waals surface area contributed by atoms with E-state index in [0.717, 1.165) is 5.75 Å². The first kappa shape index (κ1) is 18.6. The third-order valence-corrected chi connectivity index (χ3v) is 6.70. The number of aryl methyl sites for hydroxylation is 2. The molecule has 1 spiro atoms. The van der Waals surface area contributed by atoms with Crippen LogP contribution in [0.25, 0.3) is 0 Å². The molecule has 1 heterocycles. The number of hydrogen-bond donors (Lipinski definition) is 0. The van der Waals surface area contributed by atoms with Gasteiger partial charge in [-0.1, -0.05) is 43.7 Å². The van der Waals surface area contributed by atoms with Crippen molar-refractivity contribution >= 4 is 0 Å². The van der Waals surface area contributed by atoms with Crippen LogP contribution in [0.3, 0.4) is 0 Å². The first-order chi connectivity index (χ1) is 13.2. The smallest absolute Gasteiger partial charge is 0.120 e. The third kappa shape index (κ3) is 3.91. The molecule has 2 aliphatic rings. The molecule has 4 rings (SSSR count). The molecule has 1 saturated heterocycles. The number of fused-ring (bicyclic) bond motifs is 1. The van der Waals surface area contributed by atoms with Crippen molar-refractivity contribution < 1.29 is 4.74 Å². The molecule has 0 N–H and O–H groups in total. The summed E-state index contributed by atoms with van der Waals surface area (Å²) in [6.45, 7) is 7.67. The summed E-state index contributed by atoms with van der Waals surface area (Å²) in [6, 6.07) is 15.3. The average Bonchev–Trinajstić information content (AvgIpc) is 2.69. The molecule has 2 aromatic rings. The Labute approximate surface area is 164 Å². The Morgan fingerprint density at radius 2 is 1.93 bits per heavy atom. The number of hydrogen-bond acceptors (Lipinski definition) is 2. The minimum atomic E-state index is 0.421. The maximum Gasteiger partial charge on any atom is 0.120 e. The molecule has 1 fully saturated rings. The Kier molecular flexibility index (Phi) is 5.54. The quantitative estimate of drug-likeness (QED) is 0.676. The number of rotatable bonds is 5. The fourth-order valence-electron chi connectivity index (χ4n) is 5.09. The molecule has 0 bridgehead atoms. The van der Waals surface area contributed by atoms with Crippen molar-refractivity contribution in [3.63, 3.8) is 0 Å². The summed E-state index contributed by atoms with van der Waals surface area (Å²) in [5, 5.41) is 0. The molecule has 1 aliphatic carbocycles. The van der Waals surface area contributed by atoms with Gasteiger partial charge in [-0.05, 0) is 92.9 Å². The van der Waals surface area contributed by atoms with Crippen molar-refractivity contribution in [3.05, 3.63) is 64.7 Å². The summed E-state index contributed by atoms with van der Waals surface area (Å²) < 4.78 is 6.13. The Morgan fingerprint density at radius 1 is 1.04 bits per heavy atom. The maximum absolute atomic E-state index is 6.13. The van der Waals surface area contributed by atoms with Crippen molar-refractivity contribution in [1.29, 1.82) is 0 Å². The highest BCUT2D eigenvalue weighted by Crippen LogP contribution is 2.40. The zero-order valence-corrected chi connectivity index (χ0v) is 17.0. The monoisotopic (exact) mass is 363 g/mol. The second-order valence-corrected chi connectivity index (χ2v) is 8.49. The molecule has 2 heteroatoms. The zero-order valence-electron chi connectivity index (χ0n) is 17.0. The van der Waals surface area contributed by atoms with Gasteiger partial charge in [0.25, 0.3) is 0 Å². The van der Waals surface area contributed by atoms with Crippen molar-refractivity contribution in [2.24, 2.45) is 0 Å². The van der Waals surface area contributed by atoms with E-state index in [0.29, 0.717) is 12.1 Å². The van der Waals surface area contributed by atoms with Gasteiger partial charge in [0, 0.05) is 5.54 Å². The molecular weight excluding hydrogens is 330 g/mol. The fraction of sp³-hybridized carbons (Fsp3) is 0.520. The van der Waals surface area contributed by atoms with Gasteiger partial charge in [0.15, 0.2) is 0 Å². The number of piperidine rings is 1. The Balaban J connectivity index is 1.47. The van der Waals surface area contributed by atoms with E-state index in [2.05, 4.69) is 61.2 Å². The fourth-order valence-corrected chi connectivity index (χ4v) is 5.09. The predicted octanol–water partition coefficient (Wildman–Crippen LogP) is 5.70. The summed E-state index contributed by atoms with van der Waals surface area (Å²) in [5.41, 5.74) is 6.04. The van der Waals surface area contributed by atoms with E-state index in [4.69, 9.17) is 4.74 Å². The molecule has 144 valence electrons. The normalized spacial score (nSPS) is 22.6. The highest BCUT2D eigenvalue weighted by molar-refractivity contribution is 5.39. The van der Waals surface area contributed by atoms with Crippen LogP contribution in [0.4, 0.5) is 0 Å². The lowest BCUT2D eigenvalue weighted by atomic mass is 9.72. The Morgan fingerprint density at radius 3 is 2.78 bits per heavy atom. The van der Waals surface area contributed by atoms with Gasteiger partial charge in [0.05, 0.1) is 0 Å². The largest absolute Gasteiger partial charge is 0.489 e. The minimum absolute atomic E-state index is 0.421. The molecule has 0 radical (unpaired) electrons. The highest BCUT2D eigenvalue weighted by Gasteiger charge is 2.40. The van der Waals surface area contributed by atoms with Crippen molar-refractivity contribution in [1.82, 2.24) is 4.90 Å². The lowest BCUT2D eigenvalue weighted by Crippen LogP contribution is -2.55. The van der Waals surface area contributed by atoms with Gasteiger partial charge in [0.1, 0.15) is 12.4 Å². The molecule has 1 atom stereocenters. The minimum Gasteiger partial charge on any atom is -0.489 e. The van der Waals surface area contributed by atoms with Crippen LogP contribution in [-0.4, -0.2) is 23.5 Å². The molecule has 2 nitrogen and oxygen atoms in total. The Bertz CT molecular complexity index is 782. The van der Waals surface area contributed by atoms with Crippen LogP contribution in [0.15, 0.2) is 42.5 Å². The van der Waals surface area contributed by atoms with Crippen molar-refractivity contribution in [2.75, 3.05) is 13.1 Å². The van der Waals surface area contributed by atoms with E-state index in [1.165, 1.54) is 74.7 Å². The van der Waals surface area contributed by atoms with Gasteiger partial charge in [-0.25, -0.2) is 0 Å². The number of likely N-dealkylation sites (tertiary alicyclic amines) is 1. The zero-order chi connectivity index (χ0) is 18.7. The summed E-state index contributed by atoms with van der Waals surface area (Å²) in [5.74, 6) is 1.02. The van der Waals surface area contributed by atoms with Crippen LogP contribution >= 0.6 is 0 Å². The van der Waals surface area contributed by atoms with Crippen molar-refractivity contribution in [2.45, 2.75) is 70.9 Å². The average molecular weight is 364 g/mol. The first-order valence-corrected chi connectivity index (χ1v) is 10.7. The SMILES string of the molecule is CCCN1CCCCC12CCc1cc(OCc3ccccc3C)ccc1C2. The number of nitrogens with zero attached hydrogens (tertiary/aromatic N) is 1. The van der Waals surface area contributed by atoms with Crippen LogP contribution < -0.4 is 4.74 Å².